The van der Waals surface area contributed by atoms with E-state index in [1.54, 1.807) is 32.2 Å². The molecule has 0 fully saturated rings. The van der Waals surface area contributed by atoms with Crippen molar-refractivity contribution in [2.75, 3.05) is 19.9 Å². The molecule has 2 rings (SSSR count). The normalized spacial score (nSPS) is 10.3. The van der Waals surface area contributed by atoms with Crippen molar-refractivity contribution < 1.29 is 9.53 Å². The van der Waals surface area contributed by atoms with Gasteiger partial charge in [-0.15, -0.1) is 0 Å². The summed E-state index contributed by atoms with van der Waals surface area (Å²) in [5, 5.41) is 6.75. The van der Waals surface area contributed by atoms with Crippen molar-refractivity contribution in [1.29, 1.82) is 0 Å². The third-order valence-corrected chi connectivity index (χ3v) is 2.82. The summed E-state index contributed by atoms with van der Waals surface area (Å²) in [7, 11) is 3.19. The van der Waals surface area contributed by atoms with Crippen LogP contribution in [0.4, 0.5) is 5.69 Å². The second-order valence-electron chi connectivity index (χ2n) is 4.46. The number of nitrogens with one attached hydrogen (secondary N) is 1. The highest BCUT2D eigenvalue weighted by Gasteiger charge is 2.18. The molecule has 106 valence electrons. The standard InChI is InChI=1S/C13H17N5O2/c1-8-15-12(17-16-8)7-18(2)13(19)10-6-9(14)4-5-11(10)20-3/h4-6H,7,14H2,1-3H3,(H,15,16,17). The van der Waals surface area contributed by atoms with E-state index in [2.05, 4.69) is 15.2 Å². The molecule has 0 aliphatic heterocycles. The second-order valence-corrected chi connectivity index (χ2v) is 4.46. The van der Waals surface area contributed by atoms with Crippen molar-refractivity contribution in [1.82, 2.24) is 20.1 Å². The molecule has 1 heterocycles. The van der Waals surface area contributed by atoms with Gasteiger partial charge in [0.15, 0.2) is 5.82 Å². The highest BCUT2D eigenvalue weighted by atomic mass is 16.5. The number of aromatic amines is 1. The lowest BCUT2D eigenvalue weighted by atomic mass is 10.1. The monoisotopic (exact) mass is 275 g/mol. The average Bonchev–Trinajstić information content (AvgIpc) is 2.83. The van der Waals surface area contributed by atoms with Crippen LogP contribution < -0.4 is 10.5 Å². The molecule has 20 heavy (non-hydrogen) atoms. The fourth-order valence-corrected chi connectivity index (χ4v) is 1.84. The maximum atomic E-state index is 12.4. The number of ether oxygens (including phenoxy) is 1. The Bertz CT molecular complexity index is 623. The van der Waals surface area contributed by atoms with E-state index in [9.17, 15) is 4.79 Å². The van der Waals surface area contributed by atoms with Gasteiger partial charge in [0.2, 0.25) is 0 Å². The Morgan fingerprint density at radius 1 is 1.50 bits per heavy atom. The van der Waals surface area contributed by atoms with E-state index in [1.807, 2.05) is 0 Å². The molecule has 1 aromatic carbocycles. The first-order valence-corrected chi connectivity index (χ1v) is 6.08. The molecule has 0 bridgehead atoms. The summed E-state index contributed by atoms with van der Waals surface area (Å²) < 4.78 is 5.19. The number of amides is 1. The van der Waals surface area contributed by atoms with Crippen LogP contribution >= 0.6 is 0 Å². The molecule has 1 amide bonds. The highest BCUT2D eigenvalue weighted by molar-refractivity contribution is 5.97. The number of carbonyl (C=O) groups is 1. The molecule has 0 atom stereocenters. The summed E-state index contributed by atoms with van der Waals surface area (Å²) >= 11 is 0. The fraction of sp³-hybridized carbons (Fsp3) is 0.308. The third kappa shape index (κ3) is 2.87. The molecule has 7 nitrogen and oxygen atoms in total. The number of carbonyl (C=O) groups excluding carboxylic acids is 1. The van der Waals surface area contributed by atoms with E-state index in [1.165, 1.54) is 12.0 Å². The number of nitrogen functional groups attached to an aromatic ring is 1. The van der Waals surface area contributed by atoms with E-state index in [0.717, 1.165) is 0 Å². The van der Waals surface area contributed by atoms with Gasteiger partial charge in [0.1, 0.15) is 11.6 Å². The van der Waals surface area contributed by atoms with Crippen LogP contribution in [0.5, 0.6) is 5.75 Å². The van der Waals surface area contributed by atoms with Crippen molar-refractivity contribution in [2.45, 2.75) is 13.5 Å². The van der Waals surface area contributed by atoms with Crippen molar-refractivity contribution in [3.05, 3.63) is 35.4 Å². The molecule has 0 saturated heterocycles. The SMILES string of the molecule is COc1ccc(N)cc1C(=O)N(C)Cc1n[nH]c(C)n1. The van der Waals surface area contributed by atoms with Crippen LogP contribution in [0.3, 0.4) is 0 Å². The van der Waals surface area contributed by atoms with Gasteiger partial charge in [-0.2, -0.15) is 5.10 Å². The first-order chi connectivity index (χ1) is 9.51. The van der Waals surface area contributed by atoms with E-state index in [-0.39, 0.29) is 5.91 Å². The maximum Gasteiger partial charge on any atom is 0.257 e. The summed E-state index contributed by atoms with van der Waals surface area (Å²) in [5.41, 5.74) is 6.65. The summed E-state index contributed by atoms with van der Waals surface area (Å²) in [6.45, 7) is 2.11. The predicted molar refractivity (Wildman–Crippen MR) is 74.3 cm³/mol. The zero-order valence-electron chi connectivity index (χ0n) is 11.7. The van der Waals surface area contributed by atoms with Gasteiger partial charge in [0.05, 0.1) is 19.2 Å². The molecule has 0 spiro atoms. The zero-order chi connectivity index (χ0) is 14.7. The molecule has 7 heteroatoms. The second kappa shape index (κ2) is 5.60. The van der Waals surface area contributed by atoms with Gasteiger partial charge >= 0.3 is 0 Å². The number of aromatic nitrogens is 3. The van der Waals surface area contributed by atoms with Crippen molar-refractivity contribution in [3.63, 3.8) is 0 Å². The number of methoxy groups -OCH3 is 1. The summed E-state index contributed by atoms with van der Waals surface area (Å²) in [4.78, 5) is 18.1. The first kappa shape index (κ1) is 13.9. The molecule has 0 aliphatic rings. The minimum absolute atomic E-state index is 0.198. The minimum atomic E-state index is -0.198. The van der Waals surface area contributed by atoms with E-state index in [0.29, 0.717) is 35.2 Å². The summed E-state index contributed by atoms with van der Waals surface area (Å²) in [5.74, 6) is 1.56. The van der Waals surface area contributed by atoms with E-state index < -0.39 is 0 Å². The number of benzene rings is 1. The number of rotatable bonds is 4. The quantitative estimate of drug-likeness (QED) is 0.810. The van der Waals surface area contributed by atoms with Crippen LogP contribution in [0.25, 0.3) is 0 Å². The number of hydrogen-bond acceptors (Lipinski definition) is 5. The van der Waals surface area contributed by atoms with Crippen LogP contribution in [0, 0.1) is 6.92 Å². The largest absolute Gasteiger partial charge is 0.496 e. The Hall–Kier alpha value is -2.57. The van der Waals surface area contributed by atoms with Crippen LogP contribution in [0.1, 0.15) is 22.0 Å². The van der Waals surface area contributed by atoms with Gasteiger partial charge in [0, 0.05) is 12.7 Å². The number of nitrogens with zero attached hydrogens (tertiary/aromatic N) is 3. The van der Waals surface area contributed by atoms with Gasteiger partial charge in [0.25, 0.3) is 5.91 Å². The molecule has 3 N–H and O–H groups in total. The average molecular weight is 275 g/mol. The lowest BCUT2D eigenvalue weighted by Gasteiger charge is -2.17. The highest BCUT2D eigenvalue weighted by Crippen LogP contribution is 2.22. The minimum Gasteiger partial charge on any atom is -0.496 e. The Labute approximate surface area is 116 Å². The lowest BCUT2D eigenvalue weighted by molar-refractivity contribution is 0.0778. The molecular formula is C13H17N5O2. The van der Waals surface area contributed by atoms with Crippen molar-refractivity contribution >= 4 is 11.6 Å². The smallest absolute Gasteiger partial charge is 0.257 e. The maximum absolute atomic E-state index is 12.4. The lowest BCUT2D eigenvalue weighted by Crippen LogP contribution is -2.27. The number of H-pyrrole nitrogens is 1. The van der Waals surface area contributed by atoms with Gasteiger partial charge in [-0.05, 0) is 25.1 Å². The molecule has 1 aromatic heterocycles. The molecule has 0 aliphatic carbocycles. The number of anilines is 1. The summed E-state index contributed by atoms with van der Waals surface area (Å²) in [6, 6.07) is 4.96. The molecule has 0 saturated carbocycles. The Kier molecular flexibility index (Phi) is 3.88. The van der Waals surface area contributed by atoms with Gasteiger partial charge in [-0.1, -0.05) is 0 Å². The molecular weight excluding hydrogens is 258 g/mol. The third-order valence-electron chi connectivity index (χ3n) is 2.82. The van der Waals surface area contributed by atoms with Crippen LogP contribution in [-0.2, 0) is 6.54 Å². The topological polar surface area (TPSA) is 97.1 Å². The van der Waals surface area contributed by atoms with E-state index >= 15 is 0 Å². The molecule has 0 radical (unpaired) electrons. The van der Waals surface area contributed by atoms with Crippen LogP contribution in [-0.4, -0.2) is 40.1 Å². The van der Waals surface area contributed by atoms with Crippen LogP contribution in [0.2, 0.25) is 0 Å². The van der Waals surface area contributed by atoms with E-state index in [4.69, 9.17) is 10.5 Å². The number of nitrogens with two attached hydrogens (primary N) is 1. The number of hydrogen-bond donors (Lipinski definition) is 2. The van der Waals surface area contributed by atoms with Gasteiger partial charge < -0.3 is 15.4 Å². The Balaban J connectivity index is 2.20. The Morgan fingerprint density at radius 2 is 2.25 bits per heavy atom. The first-order valence-electron chi connectivity index (χ1n) is 6.08. The van der Waals surface area contributed by atoms with Crippen molar-refractivity contribution in [2.24, 2.45) is 0 Å². The van der Waals surface area contributed by atoms with Crippen LogP contribution in [0.15, 0.2) is 18.2 Å². The van der Waals surface area contributed by atoms with Crippen molar-refractivity contribution in [3.8, 4) is 5.75 Å². The summed E-state index contributed by atoms with van der Waals surface area (Å²) in [6.07, 6.45) is 0. The fourth-order valence-electron chi connectivity index (χ4n) is 1.84. The Morgan fingerprint density at radius 3 is 2.85 bits per heavy atom. The van der Waals surface area contributed by atoms with Gasteiger partial charge in [-0.3, -0.25) is 9.89 Å². The zero-order valence-corrected chi connectivity index (χ0v) is 11.7. The predicted octanol–water partition coefficient (Wildman–Crippen LogP) is 0.976. The number of aryl methyl sites for hydroxylation is 1. The van der Waals surface area contributed by atoms with Gasteiger partial charge in [-0.25, -0.2) is 4.98 Å². The molecule has 0 unspecified atom stereocenters. The molecule has 2 aromatic rings.